The summed E-state index contributed by atoms with van der Waals surface area (Å²) in [6.45, 7) is 0. The third kappa shape index (κ3) is 2.32. The second-order valence-corrected chi connectivity index (χ2v) is 8.23. The van der Waals surface area contributed by atoms with E-state index in [9.17, 15) is 0 Å². The Labute approximate surface area is 179 Å². The molecule has 31 heavy (non-hydrogen) atoms. The summed E-state index contributed by atoms with van der Waals surface area (Å²) < 4.78 is 2.43. The molecule has 0 bridgehead atoms. The summed E-state index contributed by atoms with van der Waals surface area (Å²) in [5, 5.41) is 10.4. The van der Waals surface area contributed by atoms with Gasteiger partial charge in [-0.25, -0.2) is 0 Å². The van der Waals surface area contributed by atoms with E-state index in [1.807, 2.05) is 0 Å². The lowest BCUT2D eigenvalue weighted by Gasteiger charge is -2.10. The molecule has 0 saturated carbocycles. The van der Waals surface area contributed by atoms with E-state index in [4.69, 9.17) is 0 Å². The molecule has 6 aromatic carbocycles. The van der Waals surface area contributed by atoms with Gasteiger partial charge in [0.15, 0.2) is 0 Å². The van der Waals surface area contributed by atoms with Gasteiger partial charge in [-0.1, -0.05) is 91.0 Å². The molecule has 0 aliphatic carbocycles. The van der Waals surface area contributed by atoms with Gasteiger partial charge in [-0.05, 0) is 56.6 Å². The maximum Gasteiger partial charge on any atom is 0.0547 e. The second-order valence-electron chi connectivity index (χ2n) is 8.23. The highest BCUT2D eigenvalue weighted by Crippen LogP contribution is 2.40. The number of rotatable bonds is 1. The molecule has 1 nitrogen and oxygen atoms in total. The SMILES string of the molecule is c1ccc2cc(-n3c4ccc5ccccc5c4c4c5ccccc5ccc43)ccc2c1. The molecule has 7 aromatic rings. The van der Waals surface area contributed by atoms with Crippen LogP contribution in [0.25, 0.3) is 59.8 Å². The van der Waals surface area contributed by atoms with Crippen molar-refractivity contribution in [1.29, 1.82) is 0 Å². The number of nitrogens with zero attached hydrogens (tertiary/aromatic N) is 1. The summed E-state index contributed by atoms with van der Waals surface area (Å²) in [6, 6.07) is 41.8. The lowest BCUT2D eigenvalue weighted by atomic mass is 10.00. The number of benzene rings is 6. The highest BCUT2D eigenvalue weighted by Gasteiger charge is 2.17. The minimum absolute atomic E-state index is 1.20. The third-order valence-electron chi connectivity index (χ3n) is 6.54. The van der Waals surface area contributed by atoms with Crippen molar-refractivity contribution in [3.8, 4) is 5.69 Å². The molecule has 0 fully saturated rings. The first kappa shape index (κ1) is 16.7. The molecule has 0 spiro atoms. The van der Waals surface area contributed by atoms with Crippen LogP contribution in [0.1, 0.15) is 0 Å². The van der Waals surface area contributed by atoms with Crippen molar-refractivity contribution in [3.05, 3.63) is 115 Å². The molecule has 0 saturated heterocycles. The Bertz CT molecular complexity index is 1690. The Balaban J connectivity index is 1.73. The molecule has 1 heterocycles. The maximum atomic E-state index is 2.43. The van der Waals surface area contributed by atoms with E-state index in [1.54, 1.807) is 0 Å². The molecular formula is C30H19N. The molecule has 0 radical (unpaired) electrons. The molecule has 0 atom stereocenters. The lowest BCUT2D eigenvalue weighted by Crippen LogP contribution is -1.93. The van der Waals surface area contributed by atoms with Gasteiger partial charge < -0.3 is 4.57 Å². The minimum atomic E-state index is 1.20. The second kappa shape index (κ2) is 6.20. The number of hydrogen-bond donors (Lipinski definition) is 0. The van der Waals surface area contributed by atoms with Gasteiger partial charge in [0, 0.05) is 16.5 Å². The Kier molecular flexibility index (Phi) is 3.33. The monoisotopic (exact) mass is 393 g/mol. The summed E-state index contributed by atoms with van der Waals surface area (Å²) in [6.07, 6.45) is 0. The van der Waals surface area contributed by atoms with Gasteiger partial charge in [-0.3, -0.25) is 0 Å². The van der Waals surface area contributed by atoms with E-state index < -0.39 is 0 Å². The van der Waals surface area contributed by atoms with E-state index in [0.717, 1.165) is 0 Å². The average Bonchev–Trinajstić information content (AvgIpc) is 3.19. The molecule has 7 rings (SSSR count). The van der Waals surface area contributed by atoms with E-state index >= 15 is 0 Å². The summed E-state index contributed by atoms with van der Waals surface area (Å²) in [5.74, 6) is 0. The fourth-order valence-corrected chi connectivity index (χ4v) is 5.14. The molecule has 0 aliphatic heterocycles. The van der Waals surface area contributed by atoms with Crippen molar-refractivity contribution < 1.29 is 0 Å². The van der Waals surface area contributed by atoms with Gasteiger partial charge in [0.2, 0.25) is 0 Å². The van der Waals surface area contributed by atoms with Crippen LogP contribution >= 0.6 is 0 Å². The Hall–Kier alpha value is -4.10. The smallest absolute Gasteiger partial charge is 0.0547 e. The Morgan fingerprint density at radius 2 is 0.871 bits per heavy atom. The van der Waals surface area contributed by atoms with Crippen LogP contribution in [0, 0.1) is 0 Å². The van der Waals surface area contributed by atoms with Crippen molar-refractivity contribution >= 4 is 54.1 Å². The summed E-state index contributed by atoms with van der Waals surface area (Å²) >= 11 is 0. The van der Waals surface area contributed by atoms with Crippen LogP contribution in [0.4, 0.5) is 0 Å². The largest absolute Gasteiger partial charge is 0.309 e. The molecule has 0 aliphatic rings. The van der Waals surface area contributed by atoms with Crippen LogP contribution in [0.5, 0.6) is 0 Å². The number of fused-ring (bicyclic) bond motifs is 8. The first-order valence-corrected chi connectivity index (χ1v) is 10.7. The zero-order chi connectivity index (χ0) is 20.4. The molecule has 1 aromatic heterocycles. The summed E-state index contributed by atoms with van der Waals surface area (Å²) in [4.78, 5) is 0. The maximum absolute atomic E-state index is 2.43. The van der Waals surface area contributed by atoms with Crippen LogP contribution < -0.4 is 0 Å². The summed E-state index contributed by atoms with van der Waals surface area (Å²) in [7, 11) is 0. The molecule has 0 amide bonds. The molecule has 1 heteroatoms. The normalized spacial score (nSPS) is 11.9. The van der Waals surface area contributed by atoms with Gasteiger partial charge in [0.05, 0.1) is 11.0 Å². The van der Waals surface area contributed by atoms with Crippen LogP contribution in [0.2, 0.25) is 0 Å². The van der Waals surface area contributed by atoms with Crippen molar-refractivity contribution in [3.63, 3.8) is 0 Å². The topological polar surface area (TPSA) is 4.93 Å². The van der Waals surface area contributed by atoms with E-state index in [1.165, 1.54) is 59.8 Å². The first-order chi connectivity index (χ1) is 15.4. The van der Waals surface area contributed by atoms with Crippen molar-refractivity contribution in [2.45, 2.75) is 0 Å². The van der Waals surface area contributed by atoms with Gasteiger partial charge in [0.1, 0.15) is 0 Å². The predicted molar refractivity (Wildman–Crippen MR) is 133 cm³/mol. The lowest BCUT2D eigenvalue weighted by molar-refractivity contribution is 1.19. The third-order valence-corrected chi connectivity index (χ3v) is 6.54. The highest BCUT2D eigenvalue weighted by molar-refractivity contribution is 6.28. The molecular weight excluding hydrogens is 374 g/mol. The van der Waals surface area contributed by atoms with Gasteiger partial charge in [-0.15, -0.1) is 0 Å². The zero-order valence-electron chi connectivity index (χ0n) is 16.9. The fraction of sp³-hybridized carbons (Fsp3) is 0. The standard InChI is InChI=1S/C30H19N/c1-2-10-23-19-24(16-13-20(23)7-1)31-27-17-14-21-8-3-5-11-25(21)29(27)30-26-12-6-4-9-22(26)15-18-28(30)31/h1-19H. The van der Waals surface area contributed by atoms with Crippen LogP contribution in [0.15, 0.2) is 115 Å². The van der Waals surface area contributed by atoms with E-state index in [-0.39, 0.29) is 0 Å². The first-order valence-electron chi connectivity index (χ1n) is 10.7. The minimum Gasteiger partial charge on any atom is -0.309 e. The van der Waals surface area contributed by atoms with E-state index in [2.05, 4.69) is 120 Å². The molecule has 0 unspecified atom stereocenters. The van der Waals surface area contributed by atoms with Crippen LogP contribution in [0.3, 0.4) is 0 Å². The van der Waals surface area contributed by atoms with Crippen molar-refractivity contribution in [2.24, 2.45) is 0 Å². The quantitative estimate of drug-likeness (QED) is 0.265. The number of hydrogen-bond acceptors (Lipinski definition) is 0. The van der Waals surface area contributed by atoms with Gasteiger partial charge >= 0.3 is 0 Å². The fourth-order valence-electron chi connectivity index (χ4n) is 5.14. The number of aromatic nitrogens is 1. The zero-order valence-corrected chi connectivity index (χ0v) is 16.9. The Morgan fingerprint density at radius 1 is 0.387 bits per heavy atom. The predicted octanol–water partition coefficient (Wildman–Crippen LogP) is 8.24. The summed E-state index contributed by atoms with van der Waals surface area (Å²) in [5.41, 5.74) is 3.70. The van der Waals surface area contributed by atoms with Crippen LogP contribution in [-0.2, 0) is 0 Å². The average molecular weight is 393 g/mol. The van der Waals surface area contributed by atoms with Gasteiger partial charge in [-0.2, -0.15) is 0 Å². The van der Waals surface area contributed by atoms with Gasteiger partial charge in [0.25, 0.3) is 0 Å². The Morgan fingerprint density at radius 3 is 1.48 bits per heavy atom. The van der Waals surface area contributed by atoms with E-state index in [0.29, 0.717) is 0 Å². The highest BCUT2D eigenvalue weighted by atomic mass is 15.0. The van der Waals surface area contributed by atoms with Crippen molar-refractivity contribution in [1.82, 2.24) is 4.57 Å². The van der Waals surface area contributed by atoms with Crippen LogP contribution in [-0.4, -0.2) is 4.57 Å². The molecule has 0 N–H and O–H groups in total. The van der Waals surface area contributed by atoms with Crippen molar-refractivity contribution in [2.75, 3.05) is 0 Å². The molecule has 144 valence electrons.